The smallest absolute Gasteiger partial charge is 0.225 e. The maximum Gasteiger partial charge on any atom is 0.225 e. The molecule has 4 nitrogen and oxygen atoms in total. The van der Waals surface area contributed by atoms with Gasteiger partial charge in [0.2, 0.25) is 5.95 Å². The van der Waals surface area contributed by atoms with E-state index in [0.29, 0.717) is 18.5 Å². The first-order valence-corrected chi connectivity index (χ1v) is 6.74. The maximum atomic E-state index is 5.85. The van der Waals surface area contributed by atoms with Crippen molar-refractivity contribution in [2.75, 3.05) is 18.0 Å². The highest BCUT2D eigenvalue weighted by Gasteiger charge is 2.28. The van der Waals surface area contributed by atoms with Crippen LogP contribution in [0.1, 0.15) is 19.8 Å². The first kappa shape index (κ1) is 12.0. The van der Waals surface area contributed by atoms with Crippen LogP contribution in [0, 0.1) is 9.49 Å². The van der Waals surface area contributed by atoms with Crippen molar-refractivity contribution in [3.05, 3.63) is 16.0 Å². The molecule has 1 aliphatic rings. The molecule has 0 aromatic carbocycles. The largest absolute Gasteiger partial charge is 0.336 e. The van der Waals surface area contributed by atoms with Crippen molar-refractivity contribution in [3.63, 3.8) is 0 Å². The molecule has 1 saturated heterocycles. The van der Waals surface area contributed by atoms with Gasteiger partial charge >= 0.3 is 0 Å². The van der Waals surface area contributed by atoms with Gasteiger partial charge in [-0.25, -0.2) is 9.97 Å². The van der Waals surface area contributed by atoms with Crippen LogP contribution in [0.2, 0.25) is 0 Å². The van der Waals surface area contributed by atoms with Gasteiger partial charge in [0.1, 0.15) is 0 Å². The number of hydrogen-bond acceptors (Lipinski definition) is 4. The van der Waals surface area contributed by atoms with Gasteiger partial charge in [0, 0.05) is 35.1 Å². The van der Waals surface area contributed by atoms with E-state index in [4.69, 9.17) is 5.73 Å². The molecule has 88 valence electrons. The number of nitrogens with two attached hydrogens (primary N) is 1. The van der Waals surface area contributed by atoms with Gasteiger partial charge in [-0.15, -0.1) is 0 Å². The van der Waals surface area contributed by atoms with Gasteiger partial charge in [0.15, 0.2) is 0 Å². The molecule has 2 rings (SSSR count). The summed E-state index contributed by atoms with van der Waals surface area (Å²) < 4.78 is 1.07. The number of anilines is 1. The Labute approximate surface area is 110 Å². The van der Waals surface area contributed by atoms with E-state index >= 15 is 0 Å². The summed E-state index contributed by atoms with van der Waals surface area (Å²) in [6.07, 6.45) is 6.17. The third-order valence-electron chi connectivity index (χ3n) is 3.22. The van der Waals surface area contributed by atoms with Crippen molar-refractivity contribution in [1.82, 2.24) is 9.97 Å². The van der Waals surface area contributed by atoms with Gasteiger partial charge in [-0.3, -0.25) is 0 Å². The molecule has 1 aromatic heterocycles. The molecule has 5 heteroatoms. The van der Waals surface area contributed by atoms with Crippen LogP contribution in [0.3, 0.4) is 0 Å². The van der Waals surface area contributed by atoms with E-state index in [0.717, 1.165) is 16.1 Å². The van der Waals surface area contributed by atoms with E-state index in [1.165, 1.54) is 12.8 Å². The molecule has 1 aromatic rings. The summed E-state index contributed by atoms with van der Waals surface area (Å²) >= 11 is 2.22. The SMILES string of the molecule is CC1CCCN(c2ncc(I)cn2)C1CN. The van der Waals surface area contributed by atoms with Gasteiger partial charge in [0.25, 0.3) is 0 Å². The third kappa shape index (κ3) is 2.45. The highest BCUT2D eigenvalue weighted by molar-refractivity contribution is 14.1. The lowest BCUT2D eigenvalue weighted by Crippen LogP contribution is -2.49. The standard InChI is InChI=1S/C11H17IN4/c1-8-3-2-4-16(10(8)5-13)11-14-6-9(12)7-15-11/h6-8,10H,2-5,13H2,1H3. The Balaban J connectivity index is 2.20. The zero-order valence-corrected chi connectivity index (χ0v) is 11.6. The van der Waals surface area contributed by atoms with Crippen molar-refractivity contribution < 1.29 is 0 Å². The molecule has 0 radical (unpaired) electrons. The molecule has 2 atom stereocenters. The van der Waals surface area contributed by atoms with Gasteiger partial charge in [0.05, 0.1) is 0 Å². The minimum absolute atomic E-state index is 0.383. The summed E-state index contributed by atoms with van der Waals surface area (Å²) in [4.78, 5) is 11.0. The molecule has 1 fully saturated rings. The van der Waals surface area contributed by atoms with Crippen molar-refractivity contribution in [2.24, 2.45) is 11.7 Å². The molecular weight excluding hydrogens is 315 g/mol. The van der Waals surface area contributed by atoms with Crippen molar-refractivity contribution in [2.45, 2.75) is 25.8 Å². The van der Waals surface area contributed by atoms with E-state index in [-0.39, 0.29) is 0 Å². The lowest BCUT2D eigenvalue weighted by atomic mass is 9.91. The highest BCUT2D eigenvalue weighted by atomic mass is 127. The molecule has 16 heavy (non-hydrogen) atoms. The molecule has 0 spiro atoms. The molecule has 2 unspecified atom stereocenters. The average molecular weight is 332 g/mol. The molecule has 2 N–H and O–H groups in total. The zero-order valence-electron chi connectivity index (χ0n) is 9.43. The fourth-order valence-corrected chi connectivity index (χ4v) is 2.59. The Morgan fingerprint density at radius 1 is 1.50 bits per heavy atom. The molecule has 0 bridgehead atoms. The van der Waals surface area contributed by atoms with E-state index in [2.05, 4.69) is 44.4 Å². The molecule has 0 saturated carbocycles. The molecule has 2 heterocycles. The first-order valence-electron chi connectivity index (χ1n) is 5.66. The Morgan fingerprint density at radius 3 is 2.81 bits per heavy atom. The summed E-state index contributed by atoms with van der Waals surface area (Å²) in [5.74, 6) is 1.45. The number of piperidine rings is 1. The Bertz CT molecular complexity index is 340. The van der Waals surface area contributed by atoms with Crippen LogP contribution in [-0.4, -0.2) is 29.1 Å². The van der Waals surface area contributed by atoms with Crippen LogP contribution in [0.15, 0.2) is 12.4 Å². The number of aromatic nitrogens is 2. The number of rotatable bonds is 2. The molecular formula is C11H17IN4. The monoisotopic (exact) mass is 332 g/mol. The summed E-state index contributed by atoms with van der Waals surface area (Å²) in [5, 5.41) is 0. The summed E-state index contributed by atoms with van der Waals surface area (Å²) in [7, 11) is 0. The molecule has 1 aliphatic heterocycles. The van der Waals surface area contributed by atoms with Gasteiger partial charge in [-0.2, -0.15) is 0 Å². The number of halogens is 1. The van der Waals surface area contributed by atoms with Crippen LogP contribution in [-0.2, 0) is 0 Å². The van der Waals surface area contributed by atoms with Gasteiger partial charge in [-0.05, 0) is 41.4 Å². The first-order chi connectivity index (χ1) is 7.72. The quantitative estimate of drug-likeness (QED) is 0.837. The topological polar surface area (TPSA) is 55.0 Å². The van der Waals surface area contributed by atoms with Crippen LogP contribution in [0.4, 0.5) is 5.95 Å². The summed E-state index contributed by atoms with van der Waals surface area (Å²) in [5.41, 5.74) is 5.85. The fourth-order valence-electron chi connectivity index (χ4n) is 2.31. The van der Waals surface area contributed by atoms with Crippen LogP contribution >= 0.6 is 22.6 Å². The normalized spacial score (nSPS) is 25.8. The van der Waals surface area contributed by atoms with E-state index in [9.17, 15) is 0 Å². The van der Waals surface area contributed by atoms with Crippen molar-refractivity contribution >= 4 is 28.5 Å². The van der Waals surface area contributed by atoms with E-state index in [1.807, 2.05) is 12.4 Å². The third-order valence-corrected chi connectivity index (χ3v) is 3.78. The van der Waals surface area contributed by atoms with Gasteiger partial charge in [-0.1, -0.05) is 6.92 Å². The van der Waals surface area contributed by atoms with Crippen molar-refractivity contribution in [3.8, 4) is 0 Å². The average Bonchev–Trinajstić information content (AvgIpc) is 2.30. The zero-order chi connectivity index (χ0) is 11.5. The second-order valence-electron chi connectivity index (χ2n) is 4.32. The fraction of sp³-hybridized carbons (Fsp3) is 0.636. The number of hydrogen-bond donors (Lipinski definition) is 1. The molecule has 0 amide bonds. The predicted molar refractivity (Wildman–Crippen MR) is 73.3 cm³/mol. The Hall–Kier alpha value is -0.430. The molecule has 0 aliphatic carbocycles. The second-order valence-corrected chi connectivity index (χ2v) is 5.56. The van der Waals surface area contributed by atoms with Gasteiger partial charge < -0.3 is 10.6 Å². The van der Waals surface area contributed by atoms with Crippen LogP contribution in [0.5, 0.6) is 0 Å². The minimum atomic E-state index is 0.383. The van der Waals surface area contributed by atoms with Crippen LogP contribution in [0.25, 0.3) is 0 Å². The predicted octanol–water partition coefficient (Wildman–Crippen LogP) is 1.64. The van der Waals surface area contributed by atoms with E-state index < -0.39 is 0 Å². The number of nitrogens with zero attached hydrogens (tertiary/aromatic N) is 3. The Kier molecular flexibility index (Phi) is 3.96. The maximum absolute atomic E-state index is 5.85. The lowest BCUT2D eigenvalue weighted by Gasteiger charge is -2.39. The summed E-state index contributed by atoms with van der Waals surface area (Å²) in [6, 6.07) is 0.383. The van der Waals surface area contributed by atoms with E-state index in [1.54, 1.807) is 0 Å². The lowest BCUT2D eigenvalue weighted by molar-refractivity contribution is 0.346. The minimum Gasteiger partial charge on any atom is -0.336 e. The summed E-state index contributed by atoms with van der Waals surface area (Å²) in [6.45, 7) is 3.96. The second kappa shape index (κ2) is 5.27. The highest BCUT2D eigenvalue weighted by Crippen LogP contribution is 2.25. The van der Waals surface area contributed by atoms with Crippen molar-refractivity contribution in [1.29, 1.82) is 0 Å². The Morgan fingerprint density at radius 2 is 2.19 bits per heavy atom. The van der Waals surface area contributed by atoms with Crippen LogP contribution < -0.4 is 10.6 Å².